The highest BCUT2D eigenvalue weighted by molar-refractivity contribution is 8.00. The Morgan fingerprint density at radius 2 is 2.12 bits per heavy atom. The van der Waals surface area contributed by atoms with Crippen LogP contribution >= 0.6 is 11.8 Å². The molecule has 94 valence electrons. The molecule has 0 amide bonds. The number of piperidine rings is 1. The third kappa shape index (κ3) is 5.07. The molecule has 1 aliphatic heterocycles. The van der Waals surface area contributed by atoms with E-state index in [-0.39, 0.29) is 23.6 Å². The number of hydrogen-bond donors (Lipinski definition) is 2. The average Bonchev–Trinajstić information content (AvgIpc) is 2.16. The predicted octanol–water partition coefficient (Wildman–Crippen LogP) is 2.22. The first-order valence-electron chi connectivity index (χ1n) is 5.08. The Balaban J connectivity index is 2.24. The van der Waals surface area contributed by atoms with Crippen molar-refractivity contribution in [2.75, 3.05) is 5.75 Å². The number of aliphatic carboxylic acids is 1. The molecule has 0 aromatic rings. The van der Waals surface area contributed by atoms with E-state index in [0.29, 0.717) is 12.8 Å². The van der Waals surface area contributed by atoms with E-state index in [1.165, 1.54) is 0 Å². The molecule has 0 aromatic carbocycles. The summed E-state index contributed by atoms with van der Waals surface area (Å²) in [5.41, 5.74) is -4.19. The summed E-state index contributed by atoms with van der Waals surface area (Å²) in [7, 11) is 0. The maximum Gasteiger partial charge on any atom is 0.441 e. The lowest BCUT2D eigenvalue weighted by Crippen LogP contribution is -2.46. The van der Waals surface area contributed by atoms with Crippen LogP contribution in [0.2, 0.25) is 0 Å². The van der Waals surface area contributed by atoms with Crippen molar-refractivity contribution in [1.82, 2.24) is 5.32 Å². The highest BCUT2D eigenvalue weighted by atomic mass is 32.2. The van der Waals surface area contributed by atoms with Crippen LogP contribution in [0.3, 0.4) is 0 Å². The molecule has 1 aliphatic rings. The van der Waals surface area contributed by atoms with Crippen LogP contribution < -0.4 is 5.32 Å². The molecule has 2 N–H and O–H groups in total. The fraction of sp³-hybridized carbons (Fsp3) is 0.889. The van der Waals surface area contributed by atoms with Crippen molar-refractivity contribution in [2.24, 2.45) is 0 Å². The predicted molar refractivity (Wildman–Crippen MR) is 55.3 cm³/mol. The Morgan fingerprint density at radius 1 is 1.44 bits per heavy atom. The van der Waals surface area contributed by atoms with E-state index in [1.54, 1.807) is 0 Å². The molecular weight excluding hydrogens is 243 g/mol. The lowest BCUT2D eigenvalue weighted by atomic mass is 9.97. The Labute approximate surface area is 95.8 Å². The molecule has 3 nitrogen and oxygen atoms in total. The summed E-state index contributed by atoms with van der Waals surface area (Å²) in [5, 5.41) is 11.6. The van der Waals surface area contributed by atoms with Gasteiger partial charge in [-0.05, 0) is 25.7 Å². The van der Waals surface area contributed by atoms with Crippen LogP contribution in [0.25, 0.3) is 0 Å². The molecule has 1 rings (SSSR count). The number of halogens is 3. The van der Waals surface area contributed by atoms with Crippen LogP contribution in [-0.2, 0) is 4.79 Å². The van der Waals surface area contributed by atoms with Crippen LogP contribution in [-0.4, -0.2) is 34.4 Å². The van der Waals surface area contributed by atoms with E-state index >= 15 is 0 Å². The molecule has 2 unspecified atom stereocenters. The molecule has 0 saturated carbocycles. The summed E-state index contributed by atoms with van der Waals surface area (Å²) in [4.78, 5) is 10.7. The number of alkyl halides is 3. The van der Waals surface area contributed by atoms with Crippen molar-refractivity contribution in [3.05, 3.63) is 0 Å². The van der Waals surface area contributed by atoms with Gasteiger partial charge in [0.1, 0.15) is 6.04 Å². The number of carboxylic acid groups (broad SMARTS) is 1. The number of rotatable bonds is 4. The summed E-state index contributed by atoms with van der Waals surface area (Å²) in [6.07, 6.45) is 2.42. The van der Waals surface area contributed by atoms with Gasteiger partial charge >= 0.3 is 11.5 Å². The SMILES string of the molecule is O=C(O)C1CCCC(CCSC(F)(F)F)N1. The van der Waals surface area contributed by atoms with Gasteiger partial charge in [0.05, 0.1) is 0 Å². The Bertz CT molecular complexity index is 247. The van der Waals surface area contributed by atoms with Gasteiger partial charge in [0.15, 0.2) is 0 Å². The highest BCUT2D eigenvalue weighted by Gasteiger charge is 2.30. The van der Waals surface area contributed by atoms with Crippen molar-refractivity contribution >= 4 is 17.7 Å². The van der Waals surface area contributed by atoms with E-state index in [1.807, 2.05) is 0 Å². The van der Waals surface area contributed by atoms with Gasteiger partial charge in [0.2, 0.25) is 0 Å². The smallest absolute Gasteiger partial charge is 0.441 e. The van der Waals surface area contributed by atoms with Crippen LogP contribution in [0, 0.1) is 0 Å². The molecule has 0 bridgehead atoms. The lowest BCUT2D eigenvalue weighted by Gasteiger charge is -2.28. The zero-order chi connectivity index (χ0) is 12.2. The van der Waals surface area contributed by atoms with Gasteiger partial charge in [-0.15, -0.1) is 0 Å². The van der Waals surface area contributed by atoms with Crippen LogP contribution in [0.5, 0.6) is 0 Å². The standard InChI is InChI=1S/C9H14F3NO2S/c10-9(11,12)16-5-4-6-2-1-3-7(13-6)8(14)15/h6-7,13H,1-5H2,(H,14,15). The van der Waals surface area contributed by atoms with Gasteiger partial charge in [0, 0.05) is 11.8 Å². The third-order valence-electron chi connectivity index (χ3n) is 2.51. The van der Waals surface area contributed by atoms with Gasteiger partial charge in [-0.1, -0.05) is 11.8 Å². The van der Waals surface area contributed by atoms with Gasteiger partial charge in [-0.3, -0.25) is 4.79 Å². The van der Waals surface area contributed by atoms with Crippen LogP contribution in [0.4, 0.5) is 13.2 Å². The summed E-state index contributed by atoms with van der Waals surface area (Å²) in [5.74, 6) is -0.943. The topological polar surface area (TPSA) is 49.3 Å². The highest BCUT2D eigenvalue weighted by Crippen LogP contribution is 2.31. The maximum absolute atomic E-state index is 11.9. The van der Waals surface area contributed by atoms with Gasteiger partial charge in [-0.25, -0.2) is 0 Å². The largest absolute Gasteiger partial charge is 0.480 e. The Morgan fingerprint density at radius 3 is 2.69 bits per heavy atom. The van der Waals surface area contributed by atoms with Crippen molar-refractivity contribution in [3.8, 4) is 0 Å². The molecule has 0 aliphatic carbocycles. The van der Waals surface area contributed by atoms with E-state index in [2.05, 4.69) is 5.32 Å². The van der Waals surface area contributed by atoms with Gasteiger partial charge in [-0.2, -0.15) is 13.2 Å². The Hall–Kier alpha value is -0.430. The second kappa shape index (κ2) is 5.77. The fourth-order valence-electron chi connectivity index (χ4n) is 1.76. The van der Waals surface area contributed by atoms with E-state index in [4.69, 9.17) is 5.11 Å². The molecule has 1 fully saturated rings. The normalized spacial score (nSPS) is 26.7. The van der Waals surface area contributed by atoms with Gasteiger partial charge in [0.25, 0.3) is 0 Å². The zero-order valence-electron chi connectivity index (χ0n) is 8.59. The van der Waals surface area contributed by atoms with Crippen molar-refractivity contribution in [2.45, 2.75) is 43.3 Å². The number of thioether (sulfide) groups is 1. The second-order valence-corrected chi connectivity index (χ2v) is 4.93. The number of hydrogen-bond acceptors (Lipinski definition) is 3. The van der Waals surface area contributed by atoms with Gasteiger partial charge < -0.3 is 10.4 Å². The molecule has 0 aromatic heterocycles. The lowest BCUT2D eigenvalue weighted by molar-refractivity contribution is -0.140. The molecule has 0 radical (unpaired) electrons. The van der Waals surface area contributed by atoms with E-state index in [0.717, 1.165) is 12.8 Å². The quantitative estimate of drug-likeness (QED) is 0.810. The second-order valence-electron chi connectivity index (χ2n) is 3.77. The monoisotopic (exact) mass is 257 g/mol. The molecule has 2 atom stereocenters. The summed E-state index contributed by atoms with van der Waals surface area (Å²) < 4.78 is 35.6. The minimum atomic E-state index is -4.19. The Kier molecular flexibility index (Phi) is 4.91. The van der Waals surface area contributed by atoms with Crippen LogP contribution in [0.1, 0.15) is 25.7 Å². The molecular formula is C9H14F3NO2S. The molecule has 16 heavy (non-hydrogen) atoms. The molecule has 1 saturated heterocycles. The minimum Gasteiger partial charge on any atom is -0.480 e. The summed E-state index contributed by atoms with van der Waals surface area (Å²) >= 11 is -0.0506. The first-order chi connectivity index (χ1) is 7.38. The maximum atomic E-state index is 11.9. The molecule has 0 spiro atoms. The first kappa shape index (κ1) is 13.6. The molecule has 7 heteroatoms. The third-order valence-corrected chi connectivity index (χ3v) is 3.28. The van der Waals surface area contributed by atoms with Crippen molar-refractivity contribution < 1.29 is 23.1 Å². The van der Waals surface area contributed by atoms with E-state index < -0.39 is 17.5 Å². The number of carboxylic acids is 1. The first-order valence-corrected chi connectivity index (χ1v) is 6.06. The summed E-state index contributed by atoms with van der Waals surface area (Å²) in [6.45, 7) is 0. The fourth-order valence-corrected chi connectivity index (χ4v) is 2.39. The van der Waals surface area contributed by atoms with E-state index in [9.17, 15) is 18.0 Å². The van der Waals surface area contributed by atoms with Crippen molar-refractivity contribution in [3.63, 3.8) is 0 Å². The zero-order valence-corrected chi connectivity index (χ0v) is 9.40. The average molecular weight is 257 g/mol. The number of nitrogens with one attached hydrogen (secondary N) is 1. The van der Waals surface area contributed by atoms with Crippen molar-refractivity contribution in [1.29, 1.82) is 0 Å². The van der Waals surface area contributed by atoms with Crippen LogP contribution in [0.15, 0.2) is 0 Å². The molecule has 1 heterocycles. The summed E-state index contributed by atoms with van der Waals surface area (Å²) in [6, 6.07) is -0.709. The minimum absolute atomic E-state index is 0.0203. The number of carbonyl (C=O) groups is 1.